The van der Waals surface area contributed by atoms with Gasteiger partial charge in [0.1, 0.15) is 11.6 Å². The fraction of sp³-hybridized carbons (Fsp3) is 0.200. The number of aryl methyl sites for hydroxylation is 3. The van der Waals surface area contributed by atoms with Crippen molar-refractivity contribution in [2.45, 2.75) is 13.8 Å². The number of para-hydroxylation sites is 1. The van der Waals surface area contributed by atoms with E-state index in [9.17, 15) is 0 Å². The summed E-state index contributed by atoms with van der Waals surface area (Å²) in [6.45, 7) is 3.94. The molecular weight excluding hydrogens is 340 g/mol. The second-order valence-corrected chi connectivity index (χ2v) is 6.35. The molecule has 4 rings (SSSR count). The van der Waals surface area contributed by atoms with Crippen molar-refractivity contribution in [1.82, 2.24) is 29.1 Å². The number of benzene rings is 1. The molecule has 0 bridgehead atoms. The first-order chi connectivity index (χ1) is 13.0. The van der Waals surface area contributed by atoms with E-state index in [1.807, 2.05) is 74.1 Å². The number of hydrogen-bond donors (Lipinski definition) is 0. The molecule has 0 atom stereocenters. The quantitative estimate of drug-likeness (QED) is 0.558. The summed E-state index contributed by atoms with van der Waals surface area (Å²) >= 11 is 0. The number of fused-ring (bicyclic) bond motifs is 1. The smallest absolute Gasteiger partial charge is 0.253 e. The van der Waals surface area contributed by atoms with Gasteiger partial charge in [0.05, 0.1) is 12.8 Å². The summed E-state index contributed by atoms with van der Waals surface area (Å²) in [6, 6.07) is 9.82. The standard InChI is InChI=1S/C20H20N6O/c1-13-11-14(2)26-20(21-13)23-18(24-26)9-10-19-22-16(12-25(19)3)15-7-5-6-8-17(15)27-4/h5-12H,1-4H3. The zero-order valence-electron chi connectivity index (χ0n) is 15.7. The SMILES string of the molecule is COc1ccccc1-c1cn(C)c(C=Cc2nc3nc(C)cc(C)n3n2)n1. The summed E-state index contributed by atoms with van der Waals surface area (Å²) in [5.41, 5.74) is 3.73. The number of rotatable bonds is 4. The van der Waals surface area contributed by atoms with Crippen LogP contribution in [0.3, 0.4) is 0 Å². The lowest BCUT2D eigenvalue weighted by atomic mass is 10.1. The van der Waals surface area contributed by atoms with E-state index in [1.165, 1.54) is 0 Å². The molecule has 0 aliphatic carbocycles. The molecule has 4 aromatic rings. The Hall–Kier alpha value is -3.48. The highest BCUT2D eigenvalue weighted by Crippen LogP contribution is 2.28. The first-order valence-electron chi connectivity index (χ1n) is 8.61. The minimum absolute atomic E-state index is 0.595. The Morgan fingerprint density at radius 2 is 1.85 bits per heavy atom. The molecule has 0 spiro atoms. The number of aromatic nitrogens is 6. The number of nitrogens with zero attached hydrogens (tertiary/aromatic N) is 6. The summed E-state index contributed by atoms with van der Waals surface area (Å²) in [4.78, 5) is 13.6. The van der Waals surface area contributed by atoms with Crippen molar-refractivity contribution in [2.75, 3.05) is 7.11 Å². The normalized spacial score (nSPS) is 11.6. The number of methoxy groups -OCH3 is 1. The van der Waals surface area contributed by atoms with Gasteiger partial charge < -0.3 is 9.30 Å². The summed E-state index contributed by atoms with van der Waals surface area (Å²) in [7, 11) is 3.62. The fourth-order valence-corrected chi connectivity index (χ4v) is 3.02. The molecule has 7 nitrogen and oxygen atoms in total. The van der Waals surface area contributed by atoms with E-state index in [0.29, 0.717) is 11.6 Å². The zero-order valence-corrected chi connectivity index (χ0v) is 15.7. The van der Waals surface area contributed by atoms with Gasteiger partial charge in [0, 0.05) is 30.2 Å². The van der Waals surface area contributed by atoms with Crippen molar-refractivity contribution in [3.8, 4) is 17.0 Å². The van der Waals surface area contributed by atoms with Gasteiger partial charge in [-0.3, -0.25) is 0 Å². The zero-order chi connectivity index (χ0) is 19.0. The third-order valence-electron chi connectivity index (χ3n) is 4.31. The van der Waals surface area contributed by atoms with Crippen LogP contribution in [0.5, 0.6) is 5.75 Å². The van der Waals surface area contributed by atoms with Crippen LogP contribution in [0, 0.1) is 13.8 Å². The van der Waals surface area contributed by atoms with Crippen molar-refractivity contribution in [1.29, 1.82) is 0 Å². The monoisotopic (exact) mass is 360 g/mol. The summed E-state index contributed by atoms with van der Waals surface area (Å²) in [6.07, 6.45) is 5.72. The Labute approximate surface area is 157 Å². The topological polar surface area (TPSA) is 70.1 Å². The Balaban J connectivity index is 1.67. The highest BCUT2D eigenvalue weighted by molar-refractivity contribution is 5.70. The van der Waals surface area contributed by atoms with Crippen LogP contribution < -0.4 is 4.74 Å². The molecule has 3 aromatic heterocycles. The third-order valence-corrected chi connectivity index (χ3v) is 4.31. The lowest BCUT2D eigenvalue weighted by molar-refractivity contribution is 0.416. The van der Waals surface area contributed by atoms with Crippen LogP contribution in [-0.2, 0) is 7.05 Å². The van der Waals surface area contributed by atoms with E-state index >= 15 is 0 Å². The van der Waals surface area contributed by atoms with Crippen molar-refractivity contribution >= 4 is 17.9 Å². The minimum Gasteiger partial charge on any atom is -0.496 e. The maximum Gasteiger partial charge on any atom is 0.253 e. The molecule has 1 aromatic carbocycles. The van der Waals surface area contributed by atoms with E-state index in [4.69, 9.17) is 9.72 Å². The second kappa shape index (κ2) is 6.68. The third kappa shape index (κ3) is 3.19. The molecule has 136 valence electrons. The number of imidazole rings is 1. The molecule has 3 heterocycles. The van der Waals surface area contributed by atoms with Crippen LogP contribution in [0.1, 0.15) is 23.0 Å². The van der Waals surface area contributed by atoms with Crippen LogP contribution in [0.25, 0.3) is 29.2 Å². The molecule has 0 unspecified atom stereocenters. The highest BCUT2D eigenvalue weighted by Gasteiger charge is 2.10. The maximum absolute atomic E-state index is 5.44. The number of hydrogen-bond acceptors (Lipinski definition) is 5. The van der Waals surface area contributed by atoms with E-state index < -0.39 is 0 Å². The van der Waals surface area contributed by atoms with Gasteiger partial charge in [-0.1, -0.05) is 12.1 Å². The molecule has 27 heavy (non-hydrogen) atoms. The van der Waals surface area contributed by atoms with Crippen LogP contribution in [-0.4, -0.2) is 36.2 Å². The Bertz CT molecular complexity index is 1150. The summed E-state index contributed by atoms with van der Waals surface area (Å²) in [5.74, 6) is 2.79. The van der Waals surface area contributed by atoms with Crippen molar-refractivity contribution in [2.24, 2.45) is 7.05 Å². The van der Waals surface area contributed by atoms with E-state index in [-0.39, 0.29) is 0 Å². The molecule has 0 aliphatic heterocycles. The summed E-state index contributed by atoms with van der Waals surface area (Å²) in [5, 5.41) is 4.49. The molecule has 0 aliphatic rings. The molecular formula is C20H20N6O. The van der Waals surface area contributed by atoms with Gasteiger partial charge in [-0.15, -0.1) is 5.10 Å². The predicted octanol–water partition coefficient (Wildman–Crippen LogP) is 3.32. The van der Waals surface area contributed by atoms with Gasteiger partial charge in [0.2, 0.25) is 0 Å². The first-order valence-corrected chi connectivity index (χ1v) is 8.61. The van der Waals surface area contributed by atoms with Gasteiger partial charge in [-0.25, -0.2) is 14.5 Å². The maximum atomic E-state index is 5.44. The van der Waals surface area contributed by atoms with Crippen LogP contribution in [0.4, 0.5) is 0 Å². The lowest BCUT2D eigenvalue weighted by Crippen LogP contribution is -1.97. The van der Waals surface area contributed by atoms with Gasteiger partial charge in [-0.2, -0.15) is 4.98 Å². The first kappa shape index (κ1) is 17.0. The molecule has 0 radical (unpaired) electrons. The molecule has 0 amide bonds. The minimum atomic E-state index is 0.595. The van der Waals surface area contributed by atoms with Crippen molar-refractivity contribution < 1.29 is 4.74 Å². The van der Waals surface area contributed by atoms with E-state index in [2.05, 4.69) is 15.1 Å². The fourth-order valence-electron chi connectivity index (χ4n) is 3.02. The Morgan fingerprint density at radius 1 is 1.04 bits per heavy atom. The number of ether oxygens (including phenoxy) is 1. The molecule has 0 fully saturated rings. The van der Waals surface area contributed by atoms with Gasteiger partial charge in [-0.05, 0) is 44.2 Å². The van der Waals surface area contributed by atoms with Crippen LogP contribution >= 0.6 is 0 Å². The van der Waals surface area contributed by atoms with Gasteiger partial charge >= 0.3 is 0 Å². The largest absolute Gasteiger partial charge is 0.496 e. The van der Waals surface area contributed by atoms with E-state index in [1.54, 1.807) is 11.6 Å². The average Bonchev–Trinajstić information content (AvgIpc) is 3.23. The Kier molecular flexibility index (Phi) is 4.19. The van der Waals surface area contributed by atoms with E-state index in [0.717, 1.165) is 34.2 Å². The summed E-state index contributed by atoms with van der Waals surface area (Å²) < 4.78 is 9.14. The Morgan fingerprint density at radius 3 is 2.67 bits per heavy atom. The molecule has 0 saturated carbocycles. The van der Waals surface area contributed by atoms with Gasteiger partial charge in [0.15, 0.2) is 5.82 Å². The molecule has 7 heteroatoms. The van der Waals surface area contributed by atoms with Crippen LogP contribution in [0.2, 0.25) is 0 Å². The highest BCUT2D eigenvalue weighted by atomic mass is 16.5. The van der Waals surface area contributed by atoms with Crippen molar-refractivity contribution in [3.05, 3.63) is 59.6 Å². The van der Waals surface area contributed by atoms with Crippen LogP contribution in [0.15, 0.2) is 36.5 Å². The average molecular weight is 360 g/mol. The van der Waals surface area contributed by atoms with Gasteiger partial charge in [0.25, 0.3) is 5.78 Å². The van der Waals surface area contributed by atoms with Crippen molar-refractivity contribution in [3.63, 3.8) is 0 Å². The lowest BCUT2D eigenvalue weighted by Gasteiger charge is -2.04. The second-order valence-electron chi connectivity index (χ2n) is 6.35. The molecule has 0 saturated heterocycles. The molecule has 0 N–H and O–H groups in total. The predicted molar refractivity (Wildman–Crippen MR) is 104 cm³/mol.